The molecule has 1 rings (SSSR count). The Balaban J connectivity index is 2.49. The van der Waals surface area contributed by atoms with E-state index in [1.807, 2.05) is 24.3 Å². The van der Waals surface area contributed by atoms with E-state index in [0.717, 1.165) is 12.0 Å². The molecule has 0 amide bonds. The van der Waals surface area contributed by atoms with E-state index < -0.39 is 6.43 Å². The highest BCUT2D eigenvalue weighted by Gasteiger charge is 2.02. The van der Waals surface area contributed by atoms with Gasteiger partial charge in [-0.1, -0.05) is 31.2 Å². The molecule has 0 unspecified atom stereocenters. The fourth-order valence-electron chi connectivity index (χ4n) is 1.39. The molecule has 0 aromatic heterocycles. The lowest BCUT2D eigenvalue weighted by atomic mass is 10.1. The Morgan fingerprint density at radius 1 is 1.21 bits per heavy atom. The molecule has 0 aliphatic heterocycles. The minimum atomic E-state index is -2.27. The Bertz CT molecular complexity index is 274. The molecule has 78 valence electrons. The van der Waals surface area contributed by atoms with Gasteiger partial charge in [-0.15, -0.1) is 0 Å². The molecule has 0 aliphatic carbocycles. The second-order valence-electron chi connectivity index (χ2n) is 3.14. The highest BCUT2D eigenvalue weighted by Crippen LogP contribution is 2.08. The van der Waals surface area contributed by atoms with E-state index in [2.05, 4.69) is 12.2 Å². The van der Waals surface area contributed by atoms with Gasteiger partial charge in [0.2, 0.25) is 0 Å². The van der Waals surface area contributed by atoms with Crippen molar-refractivity contribution >= 4 is 0 Å². The highest BCUT2D eigenvalue weighted by atomic mass is 19.3. The molecule has 0 radical (unpaired) electrons. The molecule has 0 aliphatic rings. The second kappa shape index (κ2) is 5.70. The lowest BCUT2D eigenvalue weighted by molar-refractivity contribution is 0.145. The van der Waals surface area contributed by atoms with Crippen molar-refractivity contribution in [1.29, 1.82) is 0 Å². The smallest absolute Gasteiger partial charge is 0.250 e. The number of hydrogen-bond acceptors (Lipinski definition) is 1. The maximum atomic E-state index is 11.9. The predicted molar refractivity (Wildman–Crippen MR) is 53.5 cm³/mol. The van der Waals surface area contributed by atoms with Gasteiger partial charge in [0, 0.05) is 6.54 Å². The molecule has 0 fully saturated rings. The zero-order valence-corrected chi connectivity index (χ0v) is 8.26. The quantitative estimate of drug-likeness (QED) is 0.768. The van der Waals surface area contributed by atoms with Crippen molar-refractivity contribution in [1.82, 2.24) is 5.32 Å². The van der Waals surface area contributed by atoms with E-state index in [4.69, 9.17) is 0 Å². The zero-order valence-electron chi connectivity index (χ0n) is 8.26. The van der Waals surface area contributed by atoms with Gasteiger partial charge < -0.3 is 5.32 Å². The van der Waals surface area contributed by atoms with E-state index in [0.29, 0.717) is 6.54 Å². The molecule has 0 saturated carbocycles. The Hall–Kier alpha value is -0.960. The average Bonchev–Trinajstić information content (AvgIpc) is 2.18. The number of benzene rings is 1. The van der Waals surface area contributed by atoms with E-state index in [-0.39, 0.29) is 6.54 Å². The fraction of sp³-hybridized carbons (Fsp3) is 0.455. The van der Waals surface area contributed by atoms with Gasteiger partial charge in [-0.25, -0.2) is 8.78 Å². The number of nitrogens with one attached hydrogen (secondary N) is 1. The molecule has 1 aromatic carbocycles. The normalized spacial score (nSPS) is 10.9. The number of aryl methyl sites for hydroxylation is 1. The molecule has 1 N–H and O–H groups in total. The van der Waals surface area contributed by atoms with Crippen LogP contribution in [0.3, 0.4) is 0 Å². The minimum Gasteiger partial charge on any atom is -0.307 e. The van der Waals surface area contributed by atoms with Gasteiger partial charge in [-0.2, -0.15) is 0 Å². The molecule has 0 heterocycles. The van der Waals surface area contributed by atoms with E-state index in [1.165, 1.54) is 5.56 Å². The Labute approximate surface area is 83.1 Å². The summed E-state index contributed by atoms with van der Waals surface area (Å²) < 4.78 is 23.7. The molecular formula is C11H15F2N. The summed E-state index contributed by atoms with van der Waals surface area (Å²) in [4.78, 5) is 0. The summed E-state index contributed by atoms with van der Waals surface area (Å²) >= 11 is 0. The van der Waals surface area contributed by atoms with Crippen LogP contribution in [0, 0.1) is 0 Å². The van der Waals surface area contributed by atoms with Crippen LogP contribution in [0.5, 0.6) is 0 Å². The highest BCUT2D eigenvalue weighted by molar-refractivity contribution is 5.26. The molecule has 0 spiro atoms. The first-order chi connectivity index (χ1) is 6.74. The summed E-state index contributed by atoms with van der Waals surface area (Å²) in [7, 11) is 0. The summed E-state index contributed by atoms with van der Waals surface area (Å²) in [5.41, 5.74) is 2.32. The van der Waals surface area contributed by atoms with E-state index >= 15 is 0 Å². The lowest BCUT2D eigenvalue weighted by Crippen LogP contribution is -2.21. The number of alkyl halides is 2. The topological polar surface area (TPSA) is 12.0 Å². The van der Waals surface area contributed by atoms with Gasteiger partial charge >= 0.3 is 0 Å². The molecule has 1 aromatic rings. The first-order valence-corrected chi connectivity index (χ1v) is 4.79. The van der Waals surface area contributed by atoms with Crippen molar-refractivity contribution in [2.45, 2.75) is 26.3 Å². The van der Waals surface area contributed by atoms with Crippen molar-refractivity contribution in [3.63, 3.8) is 0 Å². The fourth-order valence-corrected chi connectivity index (χ4v) is 1.39. The molecule has 0 atom stereocenters. The van der Waals surface area contributed by atoms with Crippen LogP contribution in [0.4, 0.5) is 8.78 Å². The van der Waals surface area contributed by atoms with E-state index in [9.17, 15) is 8.78 Å². The summed E-state index contributed by atoms with van der Waals surface area (Å²) in [6.45, 7) is 2.35. The van der Waals surface area contributed by atoms with Crippen LogP contribution in [-0.4, -0.2) is 13.0 Å². The lowest BCUT2D eigenvalue weighted by Gasteiger charge is -2.08. The van der Waals surface area contributed by atoms with E-state index in [1.54, 1.807) is 0 Å². The summed E-state index contributed by atoms with van der Waals surface area (Å²) in [5, 5.41) is 2.73. The van der Waals surface area contributed by atoms with Crippen molar-refractivity contribution in [2.24, 2.45) is 0 Å². The summed E-state index contributed by atoms with van der Waals surface area (Å²) in [5.74, 6) is 0. The van der Waals surface area contributed by atoms with Crippen LogP contribution < -0.4 is 5.32 Å². The van der Waals surface area contributed by atoms with Crippen molar-refractivity contribution in [2.75, 3.05) is 6.54 Å². The van der Waals surface area contributed by atoms with Gasteiger partial charge in [0.05, 0.1) is 6.54 Å². The third-order valence-electron chi connectivity index (χ3n) is 2.11. The van der Waals surface area contributed by atoms with Crippen LogP contribution >= 0.6 is 0 Å². The van der Waals surface area contributed by atoms with Gasteiger partial charge in [-0.3, -0.25) is 0 Å². The largest absolute Gasteiger partial charge is 0.307 e. The van der Waals surface area contributed by atoms with Gasteiger partial charge in [0.15, 0.2) is 0 Å². The third-order valence-corrected chi connectivity index (χ3v) is 2.11. The zero-order chi connectivity index (χ0) is 10.4. The van der Waals surface area contributed by atoms with Crippen LogP contribution in [0.1, 0.15) is 18.1 Å². The second-order valence-corrected chi connectivity index (χ2v) is 3.14. The van der Waals surface area contributed by atoms with Crippen LogP contribution in [0.15, 0.2) is 24.3 Å². The van der Waals surface area contributed by atoms with Crippen LogP contribution in [-0.2, 0) is 13.0 Å². The molecule has 3 heteroatoms. The van der Waals surface area contributed by atoms with Gasteiger partial charge in [0.25, 0.3) is 6.43 Å². The molecule has 14 heavy (non-hydrogen) atoms. The number of halogens is 2. The van der Waals surface area contributed by atoms with Crippen LogP contribution in [0.2, 0.25) is 0 Å². The summed E-state index contributed by atoms with van der Waals surface area (Å²) in [6, 6.07) is 7.89. The average molecular weight is 199 g/mol. The molecule has 0 bridgehead atoms. The molecule has 0 saturated heterocycles. The maximum absolute atomic E-state index is 11.9. The predicted octanol–water partition coefficient (Wildman–Crippen LogP) is 2.60. The van der Waals surface area contributed by atoms with Crippen molar-refractivity contribution < 1.29 is 8.78 Å². The van der Waals surface area contributed by atoms with Gasteiger partial charge in [-0.05, 0) is 17.5 Å². The van der Waals surface area contributed by atoms with Gasteiger partial charge in [0.1, 0.15) is 0 Å². The van der Waals surface area contributed by atoms with Crippen LogP contribution in [0.25, 0.3) is 0 Å². The number of rotatable bonds is 5. The molecule has 1 nitrogen and oxygen atoms in total. The summed E-state index contributed by atoms with van der Waals surface area (Å²) in [6.07, 6.45) is -1.34. The monoisotopic (exact) mass is 199 g/mol. The first-order valence-electron chi connectivity index (χ1n) is 4.79. The SMILES string of the molecule is CCc1ccccc1CNCC(F)F. The third kappa shape index (κ3) is 3.42. The number of hydrogen-bond donors (Lipinski definition) is 1. The Morgan fingerprint density at radius 2 is 1.86 bits per heavy atom. The maximum Gasteiger partial charge on any atom is 0.250 e. The van der Waals surface area contributed by atoms with Crippen molar-refractivity contribution in [3.05, 3.63) is 35.4 Å². The minimum absolute atomic E-state index is 0.238. The first kappa shape index (κ1) is 11.1. The van der Waals surface area contributed by atoms with Crippen molar-refractivity contribution in [3.8, 4) is 0 Å². The standard InChI is InChI=1S/C11H15F2N/c1-2-9-5-3-4-6-10(9)7-14-8-11(12)13/h3-6,11,14H,2,7-8H2,1H3. The Morgan fingerprint density at radius 3 is 2.43 bits per heavy atom. The molecular weight excluding hydrogens is 184 g/mol. The Kier molecular flexibility index (Phi) is 4.53.